The van der Waals surface area contributed by atoms with Crippen LogP contribution >= 0.6 is 0 Å². The minimum absolute atomic E-state index is 0.0183. The Labute approximate surface area is 150 Å². The van der Waals surface area contributed by atoms with E-state index < -0.39 is 23.2 Å². The van der Waals surface area contributed by atoms with Crippen LogP contribution in [0.3, 0.4) is 0 Å². The summed E-state index contributed by atoms with van der Waals surface area (Å²) in [4.78, 5) is 14.2. The zero-order chi connectivity index (χ0) is 18.8. The van der Waals surface area contributed by atoms with Crippen molar-refractivity contribution < 1.29 is 27.4 Å². The van der Waals surface area contributed by atoms with Gasteiger partial charge in [-0.2, -0.15) is 13.2 Å². The fraction of sp³-hybridized carbons (Fsp3) is 0.611. The highest BCUT2D eigenvalue weighted by molar-refractivity contribution is 5.93. The van der Waals surface area contributed by atoms with Gasteiger partial charge in [-0.15, -0.1) is 0 Å². The monoisotopic (exact) mass is 372 g/mol. The topological polar surface area (TPSA) is 50.8 Å². The molecule has 1 aromatic carbocycles. The van der Waals surface area contributed by atoms with Crippen molar-refractivity contribution in [3.63, 3.8) is 0 Å². The molecule has 0 aliphatic carbocycles. The smallest absolute Gasteiger partial charge is 0.378 e. The van der Waals surface area contributed by atoms with Gasteiger partial charge in [-0.25, -0.2) is 0 Å². The molecule has 2 atom stereocenters. The number of amides is 1. The molecule has 2 fully saturated rings. The first-order valence-corrected chi connectivity index (χ1v) is 8.69. The number of benzene rings is 1. The molecular weight excluding hydrogens is 349 g/mol. The van der Waals surface area contributed by atoms with Crippen LogP contribution in [0.1, 0.15) is 24.8 Å². The van der Waals surface area contributed by atoms with Crippen LogP contribution in [-0.4, -0.2) is 55.9 Å². The van der Waals surface area contributed by atoms with Gasteiger partial charge in [0.25, 0.3) is 0 Å². The standard InChI is InChI=1S/C18H23F3N2O3/c1-25-15-7-9-23(12-17(15)8-4-10-26-17)11-16(24)22-14-6-3-2-5-13(14)18(19,20)21/h2-3,5-6,15H,4,7-12H2,1H3,(H,22,24). The summed E-state index contributed by atoms with van der Waals surface area (Å²) in [6.07, 6.45) is -2.00. The van der Waals surface area contributed by atoms with E-state index in [-0.39, 0.29) is 18.3 Å². The van der Waals surface area contributed by atoms with E-state index in [1.807, 2.05) is 4.90 Å². The summed E-state index contributed by atoms with van der Waals surface area (Å²) in [6, 6.07) is 4.99. The van der Waals surface area contributed by atoms with Gasteiger partial charge in [-0.05, 0) is 31.4 Å². The maximum Gasteiger partial charge on any atom is 0.418 e. The number of alkyl halides is 3. The summed E-state index contributed by atoms with van der Waals surface area (Å²) in [6.45, 7) is 1.87. The average Bonchev–Trinajstić information content (AvgIpc) is 3.03. The molecule has 8 heteroatoms. The molecule has 0 saturated carbocycles. The van der Waals surface area contributed by atoms with E-state index in [0.717, 1.165) is 25.3 Å². The molecule has 2 aliphatic rings. The molecule has 1 N–H and O–H groups in total. The van der Waals surface area contributed by atoms with Gasteiger partial charge in [0.05, 0.1) is 23.9 Å². The van der Waals surface area contributed by atoms with Crippen molar-refractivity contribution in [2.75, 3.05) is 38.7 Å². The molecule has 0 bridgehead atoms. The SMILES string of the molecule is COC1CCN(CC(=O)Nc2ccccc2C(F)(F)F)CC12CCCO2. The summed E-state index contributed by atoms with van der Waals surface area (Å²) in [7, 11) is 1.66. The number of para-hydroxylation sites is 1. The Morgan fingerprint density at radius 2 is 2.19 bits per heavy atom. The molecule has 2 aliphatic heterocycles. The number of piperidine rings is 1. The van der Waals surface area contributed by atoms with E-state index in [9.17, 15) is 18.0 Å². The van der Waals surface area contributed by atoms with Gasteiger partial charge in [0.2, 0.25) is 5.91 Å². The van der Waals surface area contributed by atoms with Crippen LogP contribution in [-0.2, 0) is 20.4 Å². The second-order valence-electron chi connectivity index (χ2n) is 6.83. The molecule has 144 valence electrons. The number of carbonyl (C=O) groups is 1. The molecule has 0 aromatic heterocycles. The van der Waals surface area contributed by atoms with Crippen molar-refractivity contribution in [2.45, 2.75) is 37.1 Å². The molecule has 3 rings (SSSR count). The Kier molecular flexibility index (Phi) is 5.55. The summed E-state index contributed by atoms with van der Waals surface area (Å²) in [5.41, 5.74) is -1.48. The predicted molar refractivity (Wildman–Crippen MR) is 89.8 cm³/mol. The van der Waals surface area contributed by atoms with Crippen LogP contribution in [0.2, 0.25) is 0 Å². The maximum absolute atomic E-state index is 13.0. The first-order chi connectivity index (χ1) is 12.3. The lowest BCUT2D eigenvalue weighted by atomic mass is 9.87. The highest BCUT2D eigenvalue weighted by Gasteiger charge is 2.47. The number of nitrogens with one attached hydrogen (secondary N) is 1. The number of methoxy groups -OCH3 is 1. The molecule has 5 nitrogen and oxygen atoms in total. The number of carbonyl (C=O) groups excluding carboxylic acids is 1. The summed E-state index contributed by atoms with van der Waals surface area (Å²) >= 11 is 0. The average molecular weight is 372 g/mol. The van der Waals surface area contributed by atoms with Crippen molar-refractivity contribution in [3.05, 3.63) is 29.8 Å². The molecule has 1 aromatic rings. The van der Waals surface area contributed by atoms with Gasteiger partial charge >= 0.3 is 6.18 Å². The molecule has 0 radical (unpaired) electrons. The van der Waals surface area contributed by atoms with Gasteiger partial charge in [-0.1, -0.05) is 12.1 Å². The van der Waals surface area contributed by atoms with Crippen molar-refractivity contribution in [3.8, 4) is 0 Å². The van der Waals surface area contributed by atoms with Gasteiger partial charge in [0, 0.05) is 26.8 Å². The van der Waals surface area contributed by atoms with Crippen LogP contribution in [0.4, 0.5) is 18.9 Å². The largest absolute Gasteiger partial charge is 0.418 e. The Bertz CT molecular complexity index is 645. The second-order valence-corrected chi connectivity index (χ2v) is 6.83. The third-order valence-corrected chi connectivity index (χ3v) is 5.08. The fourth-order valence-electron chi connectivity index (χ4n) is 3.92. The fourth-order valence-corrected chi connectivity index (χ4v) is 3.92. The Hall–Kier alpha value is -1.64. The minimum atomic E-state index is -4.51. The first kappa shape index (κ1) is 19.1. The molecule has 26 heavy (non-hydrogen) atoms. The quantitative estimate of drug-likeness (QED) is 0.883. The van der Waals surface area contributed by atoms with E-state index in [1.54, 1.807) is 7.11 Å². The van der Waals surface area contributed by atoms with E-state index in [4.69, 9.17) is 9.47 Å². The Morgan fingerprint density at radius 3 is 2.85 bits per heavy atom. The number of rotatable bonds is 4. The zero-order valence-corrected chi connectivity index (χ0v) is 14.6. The number of hydrogen-bond donors (Lipinski definition) is 1. The third-order valence-electron chi connectivity index (χ3n) is 5.08. The number of nitrogens with zero attached hydrogens (tertiary/aromatic N) is 1. The highest BCUT2D eigenvalue weighted by Crippen LogP contribution is 2.37. The van der Waals surface area contributed by atoms with Crippen LogP contribution in [0.15, 0.2) is 24.3 Å². The van der Waals surface area contributed by atoms with E-state index in [1.165, 1.54) is 18.2 Å². The number of hydrogen-bond acceptors (Lipinski definition) is 4. The Balaban J connectivity index is 1.64. The summed E-state index contributed by atoms with van der Waals surface area (Å²) in [5, 5.41) is 2.40. The predicted octanol–water partition coefficient (Wildman–Crippen LogP) is 2.91. The number of likely N-dealkylation sites (tertiary alicyclic amines) is 1. The highest BCUT2D eigenvalue weighted by atomic mass is 19.4. The number of ether oxygens (including phenoxy) is 2. The van der Waals surface area contributed by atoms with E-state index in [0.29, 0.717) is 19.7 Å². The van der Waals surface area contributed by atoms with Crippen LogP contribution < -0.4 is 5.32 Å². The molecule has 2 saturated heterocycles. The van der Waals surface area contributed by atoms with Gasteiger partial charge < -0.3 is 14.8 Å². The van der Waals surface area contributed by atoms with Gasteiger partial charge in [-0.3, -0.25) is 9.69 Å². The lowest BCUT2D eigenvalue weighted by molar-refractivity contribution is -0.146. The Morgan fingerprint density at radius 1 is 1.42 bits per heavy atom. The van der Waals surface area contributed by atoms with Crippen molar-refractivity contribution in [1.82, 2.24) is 4.90 Å². The molecular formula is C18H23F3N2O3. The molecule has 1 amide bonds. The first-order valence-electron chi connectivity index (χ1n) is 8.69. The minimum Gasteiger partial charge on any atom is -0.378 e. The van der Waals surface area contributed by atoms with E-state index >= 15 is 0 Å². The van der Waals surface area contributed by atoms with Crippen molar-refractivity contribution in [1.29, 1.82) is 0 Å². The van der Waals surface area contributed by atoms with Crippen LogP contribution in [0, 0.1) is 0 Å². The normalized spacial score (nSPS) is 27.0. The number of anilines is 1. The molecule has 1 spiro atoms. The molecule has 2 heterocycles. The van der Waals surface area contributed by atoms with E-state index in [2.05, 4.69) is 5.32 Å². The van der Waals surface area contributed by atoms with Gasteiger partial charge in [0.15, 0.2) is 0 Å². The summed E-state index contributed by atoms with van der Waals surface area (Å²) in [5.74, 6) is -0.467. The second kappa shape index (κ2) is 7.54. The third kappa shape index (κ3) is 4.02. The zero-order valence-electron chi connectivity index (χ0n) is 14.6. The lowest BCUT2D eigenvalue weighted by Crippen LogP contribution is -2.58. The van der Waals surface area contributed by atoms with Crippen molar-refractivity contribution in [2.24, 2.45) is 0 Å². The maximum atomic E-state index is 13.0. The molecule has 2 unspecified atom stereocenters. The lowest BCUT2D eigenvalue weighted by Gasteiger charge is -2.44. The van der Waals surface area contributed by atoms with Crippen LogP contribution in [0.25, 0.3) is 0 Å². The van der Waals surface area contributed by atoms with Crippen molar-refractivity contribution >= 4 is 11.6 Å². The van der Waals surface area contributed by atoms with Gasteiger partial charge in [0.1, 0.15) is 5.60 Å². The van der Waals surface area contributed by atoms with Crippen LogP contribution in [0.5, 0.6) is 0 Å². The summed E-state index contributed by atoms with van der Waals surface area (Å²) < 4.78 is 50.6. The number of halogens is 3.